The molecule has 0 aromatic heterocycles. The van der Waals surface area contributed by atoms with Crippen LogP contribution >= 0.6 is 0 Å². The monoisotopic (exact) mass is 161 g/mol. The van der Waals surface area contributed by atoms with Crippen molar-refractivity contribution in [2.24, 2.45) is 0 Å². The minimum absolute atomic E-state index is 0.145. The summed E-state index contributed by atoms with van der Waals surface area (Å²) in [6.45, 7) is 3.95. The highest BCUT2D eigenvalue weighted by molar-refractivity contribution is 5.54. The van der Waals surface area contributed by atoms with Crippen molar-refractivity contribution in [1.29, 1.82) is 0 Å². The molecule has 63 valence electrons. The maximum Gasteiger partial charge on any atom is 0.101 e. The van der Waals surface area contributed by atoms with Crippen molar-refractivity contribution in [3.05, 3.63) is 41.0 Å². The van der Waals surface area contributed by atoms with E-state index < -0.39 is 0 Å². The van der Waals surface area contributed by atoms with Crippen LogP contribution in [-0.2, 0) is 5.11 Å². The molecule has 0 aliphatic heterocycles. The lowest BCUT2D eigenvalue weighted by Gasteiger charge is -2.00. The van der Waals surface area contributed by atoms with Gasteiger partial charge in [0.1, 0.15) is 6.61 Å². The number of hydrogen-bond donors (Lipinski definition) is 0. The van der Waals surface area contributed by atoms with Gasteiger partial charge < -0.3 is 0 Å². The van der Waals surface area contributed by atoms with E-state index in [0.29, 0.717) is 0 Å². The van der Waals surface area contributed by atoms with Crippen LogP contribution < -0.4 is 0 Å². The van der Waals surface area contributed by atoms with Crippen LogP contribution in [0, 0.1) is 13.8 Å². The Bertz CT molecular complexity index is 287. The van der Waals surface area contributed by atoms with Crippen LogP contribution in [-0.4, -0.2) is 6.61 Å². The van der Waals surface area contributed by atoms with Gasteiger partial charge in [-0.1, -0.05) is 35.9 Å². The number of benzene rings is 1. The van der Waals surface area contributed by atoms with Gasteiger partial charge in [0.25, 0.3) is 0 Å². The van der Waals surface area contributed by atoms with E-state index in [4.69, 9.17) is 0 Å². The van der Waals surface area contributed by atoms with Crippen molar-refractivity contribution in [3.8, 4) is 0 Å². The fraction of sp³-hybridized carbons (Fsp3) is 0.273. The second kappa shape index (κ2) is 4.07. The lowest BCUT2D eigenvalue weighted by molar-refractivity contribution is 0.233. The Hall–Kier alpha value is -1.08. The second-order valence-electron chi connectivity index (χ2n) is 2.93. The normalized spacial score (nSPS) is 10.9. The largest absolute Gasteiger partial charge is 0.232 e. The summed E-state index contributed by atoms with van der Waals surface area (Å²) in [5.74, 6) is 0. The molecule has 0 N–H and O–H groups in total. The molecule has 1 aromatic carbocycles. The first-order chi connectivity index (χ1) is 5.74. The van der Waals surface area contributed by atoms with Gasteiger partial charge in [-0.05, 0) is 25.0 Å². The van der Waals surface area contributed by atoms with E-state index in [0.717, 1.165) is 5.56 Å². The molecule has 1 radical (unpaired) electrons. The SMILES string of the molecule is Cc1ccc(C)c(C=CC[O])c1. The minimum atomic E-state index is -0.145. The molecule has 0 saturated carbocycles. The van der Waals surface area contributed by atoms with E-state index in [2.05, 4.69) is 18.2 Å². The molecular weight excluding hydrogens is 148 g/mol. The molecule has 0 atom stereocenters. The maximum absolute atomic E-state index is 10.2. The summed E-state index contributed by atoms with van der Waals surface area (Å²) in [5, 5.41) is 10.2. The van der Waals surface area contributed by atoms with Gasteiger partial charge in [-0.3, -0.25) is 0 Å². The molecular formula is C11H13O. The Morgan fingerprint density at radius 3 is 2.75 bits per heavy atom. The van der Waals surface area contributed by atoms with Crippen molar-refractivity contribution in [3.63, 3.8) is 0 Å². The van der Waals surface area contributed by atoms with Crippen molar-refractivity contribution < 1.29 is 5.11 Å². The van der Waals surface area contributed by atoms with Crippen molar-refractivity contribution in [1.82, 2.24) is 0 Å². The smallest absolute Gasteiger partial charge is 0.101 e. The van der Waals surface area contributed by atoms with Gasteiger partial charge in [0.2, 0.25) is 0 Å². The van der Waals surface area contributed by atoms with Gasteiger partial charge in [-0.2, -0.15) is 0 Å². The summed E-state index contributed by atoms with van der Waals surface area (Å²) in [5.41, 5.74) is 3.59. The van der Waals surface area contributed by atoms with E-state index in [1.165, 1.54) is 11.1 Å². The number of aryl methyl sites for hydroxylation is 2. The summed E-state index contributed by atoms with van der Waals surface area (Å²) in [7, 11) is 0. The topological polar surface area (TPSA) is 19.9 Å². The number of rotatable bonds is 2. The van der Waals surface area contributed by atoms with Crippen LogP contribution in [0.1, 0.15) is 16.7 Å². The molecule has 1 nitrogen and oxygen atoms in total. The quantitative estimate of drug-likeness (QED) is 0.635. The highest BCUT2D eigenvalue weighted by Crippen LogP contribution is 2.11. The summed E-state index contributed by atoms with van der Waals surface area (Å²) >= 11 is 0. The predicted molar refractivity (Wildman–Crippen MR) is 50.5 cm³/mol. The first-order valence-electron chi connectivity index (χ1n) is 4.06. The van der Waals surface area contributed by atoms with E-state index >= 15 is 0 Å². The highest BCUT2D eigenvalue weighted by atomic mass is 16.2. The van der Waals surface area contributed by atoms with Crippen LogP contribution in [0.15, 0.2) is 24.3 Å². The predicted octanol–water partition coefficient (Wildman–Crippen LogP) is 2.75. The first kappa shape index (κ1) is 9.01. The summed E-state index contributed by atoms with van der Waals surface area (Å²) < 4.78 is 0. The van der Waals surface area contributed by atoms with E-state index in [1.807, 2.05) is 19.9 Å². The van der Waals surface area contributed by atoms with Crippen LogP contribution in [0.25, 0.3) is 6.08 Å². The maximum atomic E-state index is 10.2. The summed E-state index contributed by atoms with van der Waals surface area (Å²) in [6, 6.07) is 6.23. The highest BCUT2D eigenvalue weighted by Gasteiger charge is 1.92. The average Bonchev–Trinajstić information content (AvgIpc) is 2.07. The van der Waals surface area contributed by atoms with Gasteiger partial charge in [0.15, 0.2) is 0 Å². The molecule has 0 amide bonds. The van der Waals surface area contributed by atoms with Crippen LogP contribution in [0.4, 0.5) is 0 Å². The van der Waals surface area contributed by atoms with Crippen molar-refractivity contribution in [2.75, 3.05) is 6.61 Å². The van der Waals surface area contributed by atoms with Crippen molar-refractivity contribution in [2.45, 2.75) is 13.8 Å². The Balaban J connectivity index is 2.97. The van der Waals surface area contributed by atoms with Gasteiger partial charge in [-0.15, -0.1) is 0 Å². The molecule has 1 heteroatoms. The molecule has 0 unspecified atom stereocenters. The third-order valence-corrected chi connectivity index (χ3v) is 1.83. The van der Waals surface area contributed by atoms with Crippen LogP contribution in [0.2, 0.25) is 0 Å². The molecule has 0 heterocycles. The fourth-order valence-corrected chi connectivity index (χ4v) is 1.11. The van der Waals surface area contributed by atoms with Crippen LogP contribution in [0.5, 0.6) is 0 Å². The molecule has 1 rings (SSSR count). The van der Waals surface area contributed by atoms with Gasteiger partial charge in [-0.25, -0.2) is 5.11 Å². The van der Waals surface area contributed by atoms with E-state index in [1.54, 1.807) is 6.08 Å². The van der Waals surface area contributed by atoms with Gasteiger partial charge in [0, 0.05) is 0 Å². The van der Waals surface area contributed by atoms with E-state index in [-0.39, 0.29) is 6.61 Å². The Kier molecular flexibility index (Phi) is 3.06. The average molecular weight is 161 g/mol. The molecule has 0 fully saturated rings. The van der Waals surface area contributed by atoms with Crippen LogP contribution in [0.3, 0.4) is 0 Å². The lowest BCUT2D eigenvalue weighted by Crippen LogP contribution is -1.82. The Morgan fingerprint density at radius 1 is 1.33 bits per heavy atom. The fourth-order valence-electron chi connectivity index (χ4n) is 1.11. The Morgan fingerprint density at radius 2 is 2.08 bits per heavy atom. The van der Waals surface area contributed by atoms with Gasteiger partial charge >= 0.3 is 0 Å². The zero-order valence-corrected chi connectivity index (χ0v) is 7.50. The molecule has 0 spiro atoms. The molecule has 0 saturated heterocycles. The molecule has 0 aliphatic rings. The first-order valence-corrected chi connectivity index (χ1v) is 4.06. The number of hydrogen-bond acceptors (Lipinski definition) is 0. The second-order valence-corrected chi connectivity index (χ2v) is 2.93. The zero-order valence-electron chi connectivity index (χ0n) is 7.50. The van der Waals surface area contributed by atoms with Crippen molar-refractivity contribution >= 4 is 6.08 Å². The Labute approximate surface area is 73.4 Å². The third-order valence-electron chi connectivity index (χ3n) is 1.83. The van der Waals surface area contributed by atoms with E-state index in [9.17, 15) is 5.11 Å². The van der Waals surface area contributed by atoms with Gasteiger partial charge in [0.05, 0.1) is 0 Å². The third kappa shape index (κ3) is 2.21. The standard InChI is InChI=1S/C11H13O/c1-9-5-6-10(2)11(8-9)4-3-7-12/h3-6,8H,7H2,1-2H3. The molecule has 12 heavy (non-hydrogen) atoms. The molecule has 1 aromatic rings. The summed E-state index contributed by atoms with van der Waals surface area (Å²) in [4.78, 5) is 0. The lowest BCUT2D eigenvalue weighted by atomic mass is 10.1. The summed E-state index contributed by atoms with van der Waals surface area (Å²) in [6.07, 6.45) is 3.52. The molecule has 0 bridgehead atoms. The zero-order chi connectivity index (χ0) is 8.97. The minimum Gasteiger partial charge on any atom is -0.232 e. The molecule has 0 aliphatic carbocycles.